The molecule has 178 valence electrons. The molecule has 0 saturated heterocycles. The van der Waals surface area contributed by atoms with Gasteiger partial charge in [-0.05, 0) is 53.6 Å². The van der Waals surface area contributed by atoms with Crippen molar-refractivity contribution in [2.24, 2.45) is 5.41 Å². The average Bonchev–Trinajstić information content (AvgIpc) is 2.73. The minimum absolute atomic E-state index is 0.120. The van der Waals surface area contributed by atoms with Crippen LogP contribution in [0.2, 0.25) is 15.1 Å². The normalized spacial score (nSPS) is 12.3. The highest BCUT2D eigenvalue weighted by atomic mass is 35.5. The van der Waals surface area contributed by atoms with Crippen LogP contribution in [0.25, 0.3) is 0 Å². The number of carbonyl (C=O) groups excluding carboxylic acids is 2. The van der Waals surface area contributed by atoms with E-state index in [9.17, 15) is 9.59 Å². The van der Waals surface area contributed by atoms with Crippen LogP contribution in [0.4, 0.5) is 0 Å². The second-order valence-corrected chi connectivity index (χ2v) is 10.8. The lowest BCUT2D eigenvalue weighted by atomic mass is 9.82. The summed E-state index contributed by atoms with van der Waals surface area (Å²) >= 11 is 18.6. The molecule has 6 heteroatoms. The molecule has 1 amide bonds. The van der Waals surface area contributed by atoms with Crippen molar-refractivity contribution in [3.05, 3.63) is 104 Å². The van der Waals surface area contributed by atoms with Gasteiger partial charge in [-0.15, -0.1) is 0 Å². The number of rotatable bonds is 7. The summed E-state index contributed by atoms with van der Waals surface area (Å²) in [7, 11) is 0. The Morgan fingerprint density at radius 2 is 1.29 bits per heavy atom. The Kier molecular flexibility index (Phi) is 8.46. The van der Waals surface area contributed by atoms with E-state index in [-0.39, 0.29) is 29.6 Å². The molecule has 0 saturated carbocycles. The summed E-state index contributed by atoms with van der Waals surface area (Å²) in [6.45, 7) is 8.16. The van der Waals surface area contributed by atoms with E-state index in [2.05, 4.69) is 26.1 Å². The van der Waals surface area contributed by atoms with E-state index < -0.39 is 0 Å². The zero-order valence-electron chi connectivity index (χ0n) is 19.7. The van der Waals surface area contributed by atoms with Crippen molar-refractivity contribution in [2.75, 3.05) is 0 Å². The first kappa shape index (κ1) is 26.3. The second-order valence-electron chi connectivity index (χ2n) is 9.54. The topological polar surface area (TPSA) is 46.2 Å². The van der Waals surface area contributed by atoms with Crippen molar-refractivity contribution in [1.82, 2.24) is 5.32 Å². The molecule has 0 heterocycles. The lowest BCUT2D eigenvalue weighted by Crippen LogP contribution is -2.45. The molecule has 3 aromatic carbocycles. The number of nitrogens with one attached hydrogen (secondary N) is 1. The fourth-order valence-corrected chi connectivity index (χ4v) is 4.71. The first-order chi connectivity index (χ1) is 16.0. The maximum atomic E-state index is 13.0. The summed E-state index contributed by atoms with van der Waals surface area (Å²) in [6.07, 6.45) is 0.845. The van der Waals surface area contributed by atoms with Crippen molar-refractivity contribution >= 4 is 46.5 Å². The van der Waals surface area contributed by atoms with Gasteiger partial charge in [0.15, 0.2) is 5.78 Å². The molecule has 0 bridgehead atoms. The van der Waals surface area contributed by atoms with Gasteiger partial charge in [0.05, 0.1) is 26.2 Å². The molecular formula is C28H28Cl3NO2. The van der Waals surface area contributed by atoms with E-state index in [1.54, 1.807) is 24.3 Å². The Hall–Kier alpha value is -2.33. The quantitative estimate of drug-likeness (QED) is 0.326. The molecule has 0 fully saturated rings. The first-order valence-corrected chi connectivity index (χ1v) is 12.2. The van der Waals surface area contributed by atoms with Crippen LogP contribution in [0, 0.1) is 12.3 Å². The molecule has 0 aliphatic heterocycles. The van der Waals surface area contributed by atoms with E-state index in [0.717, 1.165) is 16.7 Å². The second kappa shape index (κ2) is 10.9. The van der Waals surface area contributed by atoms with Crippen LogP contribution in [0.5, 0.6) is 0 Å². The summed E-state index contributed by atoms with van der Waals surface area (Å²) in [5.41, 5.74) is 3.44. The van der Waals surface area contributed by atoms with E-state index in [0.29, 0.717) is 32.6 Å². The number of hydrogen-bond acceptors (Lipinski definition) is 2. The van der Waals surface area contributed by atoms with Crippen LogP contribution in [0.3, 0.4) is 0 Å². The maximum absolute atomic E-state index is 13.0. The Bertz CT molecular complexity index is 1160. The lowest BCUT2D eigenvalue weighted by molar-refractivity contribution is 0.0901. The summed E-state index contributed by atoms with van der Waals surface area (Å²) < 4.78 is 0. The Balaban J connectivity index is 1.73. The molecule has 1 atom stereocenters. The number of aryl methyl sites for hydroxylation is 1. The molecule has 3 nitrogen and oxygen atoms in total. The van der Waals surface area contributed by atoms with Gasteiger partial charge in [-0.2, -0.15) is 0 Å². The zero-order chi connectivity index (χ0) is 25.0. The van der Waals surface area contributed by atoms with Crippen LogP contribution in [-0.4, -0.2) is 17.7 Å². The minimum Gasteiger partial charge on any atom is -0.348 e. The Morgan fingerprint density at radius 1 is 0.794 bits per heavy atom. The van der Waals surface area contributed by atoms with Gasteiger partial charge in [0.2, 0.25) is 0 Å². The first-order valence-electron chi connectivity index (χ1n) is 11.1. The molecule has 0 spiro atoms. The van der Waals surface area contributed by atoms with E-state index in [1.807, 2.05) is 43.3 Å². The predicted octanol–water partition coefficient (Wildman–Crippen LogP) is 7.77. The minimum atomic E-state index is -0.180. The van der Waals surface area contributed by atoms with E-state index >= 15 is 0 Å². The van der Waals surface area contributed by atoms with Crippen molar-refractivity contribution < 1.29 is 9.59 Å². The summed E-state index contributed by atoms with van der Waals surface area (Å²) in [6, 6.07) is 18.2. The molecule has 1 N–H and O–H groups in total. The number of carbonyl (C=O) groups is 2. The molecule has 3 rings (SSSR count). The fraction of sp³-hybridized carbons (Fsp3) is 0.286. The standard InChI is InChI=1S/C28H28Cl3NO2/c1-17-7-5-8-20(29)25(17)27(34)32-24(28(2,3)4)16-19-13-11-18(12-14-19)15-23(33)26-21(30)9-6-10-22(26)31/h5-14,24H,15-16H2,1-4H3,(H,32,34). The van der Waals surface area contributed by atoms with Crippen LogP contribution in [0.1, 0.15) is 58.2 Å². The van der Waals surface area contributed by atoms with Gasteiger partial charge in [0.25, 0.3) is 5.91 Å². The van der Waals surface area contributed by atoms with Crippen molar-refractivity contribution in [3.8, 4) is 0 Å². The van der Waals surface area contributed by atoms with Crippen molar-refractivity contribution in [3.63, 3.8) is 0 Å². The largest absolute Gasteiger partial charge is 0.348 e. The number of halogens is 3. The van der Waals surface area contributed by atoms with Crippen molar-refractivity contribution in [1.29, 1.82) is 0 Å². The van der Waals surface area contributed by atoms with Crippen LogP contribution >= 0.6 is 34.8 Å². The Labute approximate surface area is 216 Å². The highest BCUT2D eigenvalue weighted by Crippen LogP contribution is 2.27. The fourth-order valence-electron chi connectivity index (χ4n) is 3.79. The van der Waals surface area contributed by atoms with Gasteiger partial charge in [0, 0.05) is 12.5 Å². The zero-order valence-corrected chi connectivity index (χ0v) is 22.0. The number of amides is 1. The molecule has 0 aromatic heterocycles. The highest BCUT2D eigenvalue weighted by molar-refractivity contribution is 6.39. The summed E-state index contributed by atoms with van der Waals surface area (Å²) in [5.74, 6) is -0.305. The Morgan fingerprint density at radius 3 is 1.82 bits per heavy atom. The van der Waals surface area contributed by atoms with Gasteiger partial charge in [-0.3, -0.25) is 9.59 Å². The average molecular weight is 517 g/mol. The van der Waals surface area contributed by atoms with Gasteiger partial charge in [-0.1, -0.05) is 98.0 Å². The molecule has 0 radical (unpaired) electrons. The summed E-state index contributed by atoms with van der Waals surface area (Å²) in [4.78, 5) is 25.8. The smallest absolute Gasteiger partial charge is 0.253 e. The van der Waals surface area contributed by atoms with Crippen LogP contribution in [-0.2, 0) is 12.8 Å². The maximum Gasteiger partial charge on any atom is 0.253 e. The predicted molar refractivity (Wildman–Crippen MR) is 142 cm³/mol. The molecular weight excluding hydrogens is 489 g/mol. The van der Waals surface area contributed by atoms with Gasteiger partial charge in [-0.25, -0.2) is 0 Å². The molecule has 0 aliphatic rings. The highest BCUT2D eigenvalue weighted by Gasteiger charge is 2.28. The third kappa shape index (κ3) is 6.41. The van der Waals surface area contributed by atoms with Gasteiger partial charge < -0.3 is 5.32 Å². The number of benzene rings is 3. The lowest BCUT2D eigenvalue weighted by Gasteiger charge is -2.32. The molecule has 3 aromatic rings. The third-order valence-corrected chi connectivity index (χ3v) is 6.81. The van der Waals surface area contributed by atoms with Gasteiger partial charge in [0.1, 0.15) is 0 Å². The third-order valence-electron chi connectivity index (χ3n) is 5.87. The van der Waals surface area contributed by atoms with E-state index in [1.165, 1.54) is 0 Å². The van der Waals surface area contributed by atoms with E-state index in [4.69, 9.17) is 34.8 Å². The molecule has 1 unspecified atom stereocenters. The van der Waals surface area contributed by atoms with Crippen LogP contribution < -0.4 is 5.32 Å². The SMILES string of the molecule is Cc1cccc(Cl)c1C(=O)NC(Cc1ccc(CC(=O)c2c(Cl)cccc2Cl)cc1)C(C)(C)C. The number of ketones is 1. The molecule has 0 aliphatic carbocycles. The number of Topliss-reactive ketones (excluding diaryl/α,β-unsaturated/α-hetero) is 1. The molecule has 34 heavy (non-hydrogen) atoms. The van der Waals surface area contributed by atoms with Crippen LogP contribution in [0.15, 0.2) is 60.7 Å². The van der Waals surface area contributed by atoms with Gasteiger partial charge >= 0.3 is 0 Å². The van der Waals surface area contributed by atoms with Crippen molar-refractivity contribution in [2.45, 2.75) is 46.6 Å². The summed E-state index contributed by atoms with van der Waals surface area (Å²) in [5, 5.41) is 4.33. The monoisotopic (exact) mass is 515 g/mol. The number of hydrogen-bond donors (Lipinski definition) is 1.